The van der Waals surface area contributed by atoms with Crippen molar-refractivity contribution >= 4 is 11.8 Å². The summed E-state index contributed by atoms with van der Waals surface area (Å²) in [6.45, 7) is 1.77. The Balaban J connectivity index is 2.26. The van der Waals surface area contributed by atoms with Gasteiger partial charge in [-0.15, -0.1) is 0 Å². The Morgan fingerprint density at radius 1 is 1.30 bits per heavy atom. The third-order valence-corrected chi connectivity index (χ3v) is 5.29. The van der Waals surface area contributed by atoms with Gasteiger partial charge in [0, 0.05) is 11.3 Å². The molecule has 1 saturated heterocycles. The van der Waals surface area contributed by atoms with Crippen LogP contribution in [0.3, 0.4) is 0 Å². The summed E-state index contributed by atoms with van der Waals surface area (Å²) in [7, 11) is 1.89. The fourth-order valence-electron chi connectivity index (χ4n) is 2.77. The zero-order valence-electron chi connectivity index (χ0n) is 11.8. The molecule has 1 aliphatic rings. The minimum atomic E-state index is -4.27. The molecule has 1 heterocycles. The van der Waals surface area contributed by atoms with Gasteiger partial charge in [0.15, 0.2) is 0 Å². The zero-order chi connectivity index (χ0) is 14.8. The monoisotopic (exact) mass is 303 g/mol. The summed E-state index contributed by atoms with van der Waals surface area (Å²) in [5, 5.41) is 3.73. The molecule has 1 fully saturated rings. The zero-order valence-corrected chi connectivity index (χ0v) is 12.6. The van der Waals surface area contributed by atoms with Crippen LogP contribution >= 0.6 is 11.8 Å². The van der Waals surface area contributed by atoms with Crippen molar-refractivity contribution in [2.45, 2.75) is 43.7 Å². The Kier molecular flexibility index (Phi) is 5.02. The summed E-state index contributed by atoms with van der Waals surface area (Å²) in [4.78, 5) is 0. The number of hydrogen-bond acceptors (Lipinski definition) is 2. The van der Waals surface area contributed by atoms with Crippen LogP contribution in [0.25, 0.3) is 0 Å². The highest BCUT2D eigenvalue weighted by Crippen LogP contribution is 2.37. The van der Waals surface area contributed by atoms with E-state index < -0.39 is 11.7 Å². The van der Waals surface area contributed by atoms with Crippen LogP contribution in [0.2, 0.25) is 0 Å². The topological polar surface area (TPSA) is 12.0 Å². The summed E-state index contributed by atoms with van der Waals surface area (Å²) in [6.07, 6.45) is -0.701. The third-order valence-electron chi connectivity index (χ3n) is 3.83. The van der Waals surface area contributed by atoms with Crippen molar-refractivity contribution in [3.8, 4) is 0 Å². The molecule has 1 nitrogen and oxygen atoms in total. The molecule has 2 unspecified atom stereocenters. The highest BCUT2D eigenvalue weighted by atomic mass is 32.2. The van der Waals surface area contributed by atoms with E-state index in [4.69, 9.17) is 0 Å². The number of hydrogen-bond donors (Lipinski definition) is 1. The van der Waals surface area contributed by atoms with Gasteiger partial charge in [0.1, 0.15) is 0 Å². The van der Waals surface area contributed by atoms with E-state index >= 15 is 0 Å². The number of alkyl halides is 3. The van der Waals surface area contributed by atoms with Crippen LogP contribution in [0.4, 0.5) is 13.2 Å². The molecule has 0 aliphatic carbocycles. The van der Waals surface area contributed by atoms with E-state index in [1.54, 1.807) is 13.0 Å². The van der Waals surface area contributed by atoms with Gasteiger partial charge in [0.25, 0.3) is 0 Å². The number of benzene rings is 1. The van der Waals surface area contributed by atoms with Gasteiger partial charge in [0.2, 0.25) is 0 Å². The molecule has 0 aromatic heterocycles. The third kappa shape index (κ3) is 3.50. The van der Waals surface area contributed by atoms with Gasteiger partial charge in [-0.05, 0) is 55.8 Å². The summed E-state index contributed by atoms with van der Waals surface area (Å²) in [5.41, 5.74) is 1.13. The quantitative estimate of drug-likeness (QED) is 0.878. The van der Waals surface area contributed by atoms with Gasteiger partial charge in [-0.2, -0.15) is 24.9 Å². The Morgan fingerprint density at radius 2 is 2.05 bits per heavy atom. The van der Waals surface area contributed by atoms with E-state index in [0.29, 0.717) is 10.8 Å². The Labute approximate surface area is 122 Å². The van der Waals surface area contributed by atoms with Gasteiger partial charge in [-0.3, -0.25) is 0 Å². The summed E-state index contributed by atoms with van der Waals surface area (Å²) in [5.74, 6) is 1.14. The Morgan fingerprint density at radius 3 is 2.55 bits per heavy atom. The van der Waals surface area contributed by atoms with Crippen molar-refractivity contribution in [1.82, 2.24) is 5.32 Å². The minimum Gasteiger partial charge on any atom is -0.312 e. The average Bonchev–Trinajstić information content (AvgIpc) is 2.41. The van der Waals surface area contributed by atoms with Crippen LogP contribution in [-0.2, 0) is 6.18 Å². The fourth-order valence-corrected chi connectivity index (χ4v) is 4.25. The van der Waals surface area contributed by atoms with Gasteiger partial charge >= 0.3 is 6.18 Å². The summed E-state index contributed by atoms with van der Waals surface area (Å²) in [6, 6.07) is 4.21. The molecule has 20 heavy (non-hydrogen) atoms. The highest BCUT2D eigenvalue weighted by molar-refractivity contribution is 8.00. The number of thioether (sulfide) groups is 1. The molecule has 5 heteroatoms. The Bertz CT molecular complexity index is 453. The maximum Gasteiger partial charge on any atom is 0.416 e. The largest absolute Gasteiger partial charge is 0.416 e. The first-order valence-electron chi connectivity index (χ1n) is 6.90. The van der Waals surface area contributed by atoms with Crippen LogP contribution < -0.4 is 5.32 Å². The number of nitrogens with one attached hydrogen (secondary N) is 1. The highest BCUT2D eigenvalue weighted by Gasteiger charge is 2.32. The van der Waals surface area contributed by atoms with E-state index in [0.717, 1.165) is 17.7 Å². The number of aryl methyl sites for hydroxylation is 1. The van der Waals surface area contributed by atoms with E-state index in [9.17, 15) is 13.2 Å². The normalized spacial score (nSPS) is 21.8. The minimum absolute atomic E-state index is 0.127. The van der Waals surface area contributed by atoms with Crippen LogP contribution in [0.1, 0.15) is 42.0 Å². The summed E-state index contributed by atoms with van der Waals surface area (Å²) >= 11 is 1.92. The molecule has 2 rings (SSSR count). The van der Waals surface area contributed by atoms with E-state index in [-0.39, 0.29) is 6.04 Å². The van der Waals surface area contributed by atoms with Crippen molar-refractivity contribution < 1.29 is 13.2 Å². The predicted molar refractivity (Wildman–Crippen MR) is 78.1 cm³/mol. The van der Waals surface area contributed by atoms with Crippen LogP contribution in [0.5, 0.6) is 0 Å². The van der Waals surface area contributed by atoms with E-state index in [2.05, 4.69) is 5.32 Å². The van der Waals surface area contributed by atoms with Gasteiger partial charge < -0.3 is 5.32 Å². The lowest BCUT2D eigenvalue weighted by Gasteiger charge is -2.31. The molecule has 0 spiro atoms. The van der Waals surface area contributed by atoms with E-state index in [1.165, 1.54) is 25.0 Å². The van der Waals surface area contributed by atoms with Crippen LogP contribution in [0.15, 0.2) is 18.2 Å². The molecule has 0 bridgehead atoms. The lowest BCUT2D eigenvalue weighted by molar-refractivity contribution is -0.137. The first-order chi connectivity index (χ1) is 9.43. The molecule has 1 aromatic rings. The van der Waals surface area contributed by atoms with Gasteiger partial charge in [-0.25, -0.2) is 0 Å². The number of halogens is 3. The summed E-state index contributed by atoms with van der Waals surface area (Å²) < 4.78 is 38.2. The molecule has 1 N–H and O–H groups in total. The second-order valence-corrected chi connectivity index (χ2v) is 6.59. The lowest BCUT2D eigenvalue weighted by Crippen LogP contribution is -2.30. The molecule has 112 valence electrons. The van der Waals surface area contributed by atoms with Crippen molar-refractivity contribution in [2.24, 2.45) is 0 Å². The molecular formula is C15H20F3NS. The molecule has 0 amide bonds. The molecule has 1 aromatic carbocycles. The molecule has 1 aliphatic heterocycles. The first-order valence-corrected chi connectivity index (χ1v) is 7.95. The van der Waals surface area contributed by atoms with Crippen LogP contribution in [0, 0.1) is 6.92 Å². The number of rotatable bonds is 3. The smallest absolute Gasteiger partial charge is 0.312 e. The lowest BCUT2D eigenvalue weighted by atomic mass is 9.94. The molecule has 0 saturated carbocycles. The second kappa shape index (κ2) is 6.39. The fraction of sp³-hybridized carbons (Fsp3) is 0.600. The SMILES string of the molecule is CNC(c1ccc(C(F)(F)F)cc1C)C1CCCCS1. The maximum atomic E-state index is 12.7. The standard InChI is InChI=1S/C15H20F3NS/c1-10-9-11(15(16,17)18)6-7-12(10)14(19-2)13-5-3-4-8-20-13/h6-7,9,13-14,19H,3-5,8H2,1-2H3. The van der Waals surface area contributed by atoms with Crippen molar-refractivity contribution in [3.63, 3.8) is 0 Å². The van der Waals surface area contributed by atoms with Crippen molar-refractivity contribution in [3.05, 3.63) is 34.9 Å². The average molecular weight is 303 g/mol. The first kappa shape index (κ1) is 15.7. The molecule has 2 atom stereocenters. The van der Waals surface area contributed by atoms with Gasteiger partial charge in [0.05, 0.1) is 5.56 Å². The van der Waals surface area contributed by atoms with Crippen molar-refractivity contribution in [1.29, 1.82) is 0 Å². The maximum absolute atomic E-state index is 12.7. The van der Waals surface area contributed by atoms with Gasteiger partial charge in [-0.1, -0.05) is 12.5 Å². The predicted octanol–water partition coefficient (Wildman–Crippen LogP) is 4.56. The Hall–Kier alpha value is -0.680. The van der Waals surface area contributed by atoms with E-state index in [1.807, 2.05) is 18.8 Å². The van der Waals surface area contributed by atoms with Crippen LogP contribution in [-0.4, -0.2) is 18.1 Å². The molecular weight excluding hydrogens is 283 g/mol. The molecule has 0 radical (unpaired) electrons. The second-order valence-electron chi connectivity index (χ2n) is 5.24. The van der Waals surface area contributed by atoms with Crippen molar-refractivity contribution in [2.75, 3.05) is 12.8 Å².